The molecule has 0 bridgehead atoms. The molecule has 1 spiro atoms. The van der Waals surface area contributed by atoms with Crippen molar-refractivity contribution in [3.05, 3.63) is 54.1 Å². The van der Waals surface area contributed by atoms with Crippen molar-refractivity contribution >= 4 is 17.5 Å². The Kier molecular flexibility index (Phi) is 3.63. The Labute approximate surface area is 145 Å². The maximum Gasteiger partial charge on any atom is 0.270 e. The molecule has 130 valence electrons. The van der Waals surface area contributed by atoms with Crippen molar-refractivity contribution < 1.29 is 14.0 Å². The number of carbonyl (C=O) groups excluding carboxylic acids is 2. The van der Waals surface area contributed by atoms with Crippen LogP contribution in [0, 0.1) is 11.2 Å². The summed E-state index contributed by atoms with van der Waals surface area (Å²) in [6.07, 6.45) is 3.05. The monoisotopic (exact) mass is 341 g/mol. The van der Waals surface area contributed by atoms with Gasteiger partial charge in [0, 0.05) is 50.4 Å². The minimum absolute atomic E-state index is 0.000953. The summed E-state index contributed by atoms with van der Waals surface area (Å²) in [4.78, 5) is 28.7. The van der Waals surface area contributed by atoms with Gasteiger partial charge in [0.25, 0.3) is 5.91 Å². The molecule has 6 heteroatoms. The largest absolute Gasteiger partial charge is 0.347 e. The fourth-order valence-corrected chi connectivity index (χ4v) is 4.00. The standard InChI is InChI=1S/C19H20FN3O2/c1-21-8-3-6-16(21)18(25)22-9-7-19(12-22)11-17(24)23(13-19)15-5-2-4-14(20)10-15/h2-6,8,10H,7,9,11-13H2,1H3. The molecule has 0 N–H and O–H groups in total. The summed E-state index contributed by atoms with van der Waals surface area (Å²) in [7, 11) is 1.85. The second-order valence-corrected chi connectivity index (χ2v) is 7.12. The topological polar surface area (TPSA) is 45.6 Å². The highest BCUT2D eigenvalue weighted by molar-refractivity contribution is 5.97. The third-order valence-electron chi connectivity index (χ3n) is 5.33. The molecule has 2 aliphatic heterocycles. The molecule has 0 aliphatic carbocycles. The first-order chi connectivity index (χ1) is 12.0. The van der Waals surface area contributed by atoms with Crippen molar-refractivity contribution in [1.29, 1.82) is 0 Å². The van der Waals surface area contributed by atoms with Crippen molar-refractivity contribution in [2.75, 3.05) is 24.5 Å². The summed E-state index contributed by atoms with van der Waals surface area (Å²) in [6, 6.07) is 9.79. The fourth-order valence-electron chi connectivity index (χ4n) is 4.00. The third kappa shape index (κ3) is 2.71. The zero-order valence-corrected chi connectivity index (χ0v) is 14.1. The van der Waals surface area contributed by atoms with Gasteiger partial charge >= 0.3 is 0 Å². The first-order valence-corrected chi connectivity index (χ1v) is 8.44. The lowest BCUT2D eigenvalue weighted by atomic mass is 9.86. The number of anilines is 1. The van der Waals surface area contributed by atoms with E-state index in [1.165, 1.54) is 12.1 Å². The lowest BCUT2D eigenvalue weighted by molar-refractivity contribution is -0.117. The number of hydrogen-bond acceptors (Lipinski definition) is 2. The molecule has 0 saturated carbocycles. The fraction of sp³-hybridized carbons (Fsp3) is 0.368. The molecule has 2 saturated heterocycles. The van der Waals surface area contributed by atoms with E-state index in [2.05, 4.69) is 0 Å². The van der Waals surface area contributed by atoms with E-state index >= 15 is 0 Å². The van der Waals surface area contributed by atoms with Crippen molar-refractivity contribution in [3.63, 3.8) is 0 Å². The molecule has 1 aromatic heterocycles. The number of amides is 2. The summed E-state index contributed by atoms with van der Waals surface area (Å²) in [5.41, 5.74) is 1.02. The van der Waals surface area contributed by atoms with Gasteiger partial charge in [0.05, 0.1) is 0 Å². The molecule has 2 aromatic rings. The maximum absolute atomic E-state index is 13.5. The van der Waals surface area contributed by atoms with Crippen molar-refractivity contribution in [1.82, 2.24) is 9.47 Å². The number of likely N-dealkylation sites (tertiary alicyclic amines) is 1. The SMILES string of the molecule is Cn1cccc1C(=O)N1CCC2(CC(=O)N(c3cccc(F)c3)C2)C1. The van der Waals surface area contributed by atoms with E-state index < -0.39 is 0 Å². The Morgan fingerprint density at radius 3 is 2.76 bits per heavy atom. The normalized spacial score (nSPS) is 23.0. The van der Waals surface area contributed by atoms with Crippen LogP contribution in [-0.2, 0) is 11.8 Å². The molecule has 25 heavy (non-hydrogen) atoms. The van der Waals surface area contributed by atoms with Crippen LogP contribution in [0.4, 0.5) is 10.1 Å². The average Bonchev–Trinajstić information content (AvgIpc) is 3.27. The van der Waals surface area contributed by atoms with Gasteiger partial charge in [-0.15, -0.1) is 0 Å². The number of hydrogen-bond donors (Lipinski definition) is 0. The van der Waals surface area contributed by atoms with Gasteiger partial charge in [-0.25, -0.2) is 4.39 Å². The van der Waals surface area contributed by atoms with Crippen LogP contribution in [0.15, 0.2) is 42.6 Å². The second kappa shape index (κ2) is 5.72. The first kappa shape index (κ1) is 15.9. The Hall–Kier alpha value is -2.63. The van der Waals surface area contributed by atoms with E-state index in [0.717, 1.165) is 6.42 Å². The number of benzene rings is 1. The minimum atomic E-state index is -0.349. The van der Waals surface area contributed by atoms with Crippen LogP contribution >= 0.6 is 0 Å². The van der Waals surface area contributed by atoms with Crippen LogP contribution < -0.4 is 4.90 Å². The minimum Gasteiger partial charge on any atom is -0.347 e. The molecule has 5 nitrogen and oxygen atoms in total. The molecule has 2 fully saturated rings. The molecular formula is C19H20FN3O2. The number of halogens is 1. The lowest BCUT2D eigenvalue weighted by Gasteiger charge is -2.24. The molecular weight excluding hydrogens is 321 g/mol. The van der Waals surface area contributed by atoms with E-state index in [9.17, 15) is 14.0 Å². The number of carbonyl (C=O) groups is 2. The highest BCUT2D eigenvalue weighted by atomic mass is 19.1. The smallest absolute Gasteiger partial charge is 0.270 e. The molecule has 3 heterocycles. The number of aryl methyl sites for hydroxylation is 1. The van der Waals surface area contributed by atoms with Crippen LogP contribution in [0.5, 0.6) is 0 Å². The van der Waals surface area contributed by atoms with Crippen molar-refractivity contribution in [3.8, 4) is 0 Å². The van der Waals surface area contributed by atoms with E-state index in [1.54, 1.807) is 17.0 Å². The van der Waals surface area contributed by atoms with Crippen LogP contribution in [0.25, 0.3) is 0 Å². The molecule has 1 atom stereocenters. The first-order valence-electron chi connectivity index (χ1n) is 8.44. The predicted octanol–water partition coefficient (Wildman–Crippen LogP) is 2.43. The number of aromatic nitrogens is 1. The molecule has 1 aromatic carbocycles. The van der Waals surface area contributed by atoms with E-state index in [-0.39, 0.29) is 23.0 Å². The highest BCUT2D eigenvalue weighted by Gasteiger charge is 2.49. The Balaban J connectivity index is 1.52. The Bertz CT molecular complexity index is 847. The van der Waals surface area contributed by atoms with Gasteiger partial charge in [0.15, 0.2) is 0 Å². The quantitative estimate of drug-likeness (QED) is 0.842. The van der Waals surface area contributed by atoms with E-state index in [1.807, 2.05) is 34.8 Å². The van der Waals surface area contributed by atoms with Crippen LogP contribution in [0.3, 0.4) is 0 Å². The van der Waals surface area contributed by atoms with Crippen LogP contribution in [-0.4, -0.2) is 40.9 Å². The van der Waals surface area contributed by atoms with Crippen molar-refractivity contribution in [2.24, 2.45) is 12.5 Å². The Morgan fingerprint density at radius 2 is 2.04 bits per heavy atom. The molecule has 0 radical (unpaired) electrons. The van der Waals surface area contributed by atoms with Gasteiger partial charge in [0.2, 0.25) is 5.91 Å². The zero-order chi connectivity index (χ0) is 17.6. The van der Waals surface area contributed by atoms with Gasteiger partial charge in [-0.2, -0.15) is 0 Å². The van der Waals surface area contributed by atoms with Gasteiger partial charge in [-0.05, 0) is 36.8 Å². The van der Waals surface area contributed by atoms with Crippen molar-refractivity contribution in [2.45, 2.75) is 12.8 Å². The van der Waals surface area contributed by atoms with E-state index in [0.29, 0.717) is 37.4 Å². The molecule has 2 aliphatic rings. The molecule has 2 amide bonds. The highest BCUT2D eigenvalue weighted by Crippen LogP contribution is 2.42. The summed E-state index contributed by atoms with van der Waals surface area (Å²) in [5.74, 6) is -0.349. The summed E-state index contributed by atoms with van der Waals surface area (Å²) in [5, 5.41) is 0. The third-order valence-corrected chi connectivity index (χ3v) is 5.33. The number of nitrogens with zero attached hydrogens (tertiary/aromatic N) is 3. The maximum atomic E-state index is 13.5. The van der Waals surface area contributed by atoms with Crippen LogP contribution in [0.2, 0.25) is 0 Å². The van der Waals surface area contributed by atoms with Gasteiger partial charge < -0.3 is 14.4 Å². The number of rotatable bonds is 2. The second-order valence-electron chi connectivity index (χ2n) is 7.12. The summed E-state index contributed by atoms with van der Waals surface area (Å²) >= 11 is 0. The van der Waals surface area contributed by atoms with Gasteiger partial charge in [0.1, 0.15) is 11.5 Å². The zero-order valence-electron chi connectivity index (χ0n) is 14.1. The average molecular weight is 341 g/mol. The molecule has 1 unspecified atom stereocenters. The van der Waals surface area contributed by atoms with Gasteiger partial charge in [-0.1, -0.05) is 6.07 Å². The summed E-state index contributed by atoms with van der Waals surface area (Å²) in [6.45, 7) is 1.75. The summed E-state index contributed by atoms with van der Waals surface area (Å²) < 4.78 is 15.3. The van der Waals surface area contributed by atoms with Crippen LogP contribution in [0.1, 0.15) is 23.3 Å². The predicted molar refractivity (Wildman–Crippen MR) is 91.7 cm³/mol. The van der Waals surface area contributed by atoms with E-state index in [4.69, 9.17) is 0 Å². The Morgan fingerprint density at radius 1 is 1.20 bits per heavy atom. The lowest BCUT2D eigenvalue weighted by Crippen LogP contribution is -2.34. The van der Waals surface area contributed by atoms with Gasteiger partial charge in [-0.3, -0.25) is 9.59 Å². The molecule has 4 rings (SSSR count).